The van der Waals surface area contributed by atoms with Crippen molar-refractivity contribution in [3.05, 3.63) is 42.2 Å². The molecule has 7 heteroatoms. The number of aromatic nitrogens is 2. The molecule has 2 aliphatic rings. The number of ether oxygens (including phenoxy) is 1. The lowest BCUT2D eigenvalue weighted by Crippen LogP contribution is -2.52. The second-order valence-corrected chi connectivity index (χ2v) is 6.24. The zero-order chi connectivity index (χ0) is 16.6. The van der Waals surface area contributed by atoms with E-state index in [1.54, 1.807) is 23.4 Å². The Bertz CT molecular complexity index is 774. The summed E-state index contributed by atoms with van der Waals surface area (Å²) in [4.78, 5) is 33.5. The SMILES string of the molecule is O=C1NC[C@@]2(CCCN(C(=O)c3ccccc3-c3ncc[nH]3)C2)O1. The number of benzene rings is 1. The van der Waals surface area contributed by atoms with E-state index < -0.39 is 11.7 Å². The Balaban J connectivity index is 1.61. The average Bonchev–Trinajstić information content (AvgIpc) is 3.25. The Morgan fingerprint density at radius 3 is 2.96 bits per heavy atom. The Morgan fingerprint density at radius 2 is 2.21 bits per heavy atom. The van der Waals surface area contributed by atoms with Crippen LogP contribution in [0.2, 0.25) is 0 Å². The lowest BCUT2D eigenvalue weighted by molar-refractivity contribution is -0.00501. The van der Waals surface area contributed by atoms with Crippen LogP contribution in [0, 0.1) is 0 Å². The summed E-state index contributed by atoms with van der Waals surface area (Å²) < 4.78 is 5.45. The fraction of sp³-hybridized carbons (Fsp3) is 0.353. The van der Waals surface area contributed by atoms with Crippen LogP contribution in [-0.2, 0) is 4.74 Å². The number of amides is 2. The number of imidazole rings is 1. The molecule has 24 heavy (non-hydrogen) atoms. The molecule has 2 aromatic rings. The summed E-state index contributed by atoms with van der Waals surface area (Å²) in [6.07, 6.45) is 4.57. The summed E-state index contributed by atoms with van der Waals surface area (Å²) in [6.45, 7) is 1.52. The number of piperidine rings is 1. The van der Waals surface area contributed by atoms with Crippen LogP contribution in [0.4, 0.5) is 4.79 Å². The highest BCUT2D eigenvalue weighted by Crippen LogP contribution is 2.30. The smallest absolute Gasteiger partial charge is 0.407 e. The molecular weight excluding hydrogens is 308 g/mol. The summed E-state index contributed by atoms with van der Waals surface area (Å²) in [6, 6.07) is 7.41. The van der Waals surface area contributed by atoms with Crippen LogP contribution in [0.3, 0.4) is 0 Å². The minimum Gasteiger partial charge on any atom is -0.439 e. The molecule has 7 nitrogen and oxygen atoms in total. The number of hydrogen-bond donors (Lipinski definition) is 2. The minimum absolute atomic E-state index is 0.0657. The first-order valence-corrected chi connectivity index (χ1v) is 8.02. The van der Waals surface area contributed by atoms with Crippen molar-refractivity contribution in [3.63, 3.8) is 0 Å². The van der Waals surface area contributed by atoms with Gasteiger partial charge < -0.3 is 19.9 Å². The van der Waals surface area contributed by atoms with Crippen LogP contribution in [0.1, 0.15) is 23.2 Å². The predicted octanol–water partition coefficient (Wildman–Crippen LogP) is 1.79. The molecule has 1 aromatic carbocycles. The number of alkyl carbamates (subject to hydrolysis) is 1. The van der Waals surface area contributed by atoms with Gasteiger partial charge in [-0.05, 0) is 18.9 Å². The first kappa shape index (κ1) is 14.7. The van der Waals surface area contributed by atoms with Crippen molar-refractivity contribution in [3.8, 4) is 11.4 Å². The maximum Gasteiger partial charge on any atom is 0.407 e. The number of nitrogens with zero attached hydrogens (tertiary/aromatic N) is 2. The predicted molar refractivity (Wildman–Crippen MR) is 86.4 cm³/mol. The van der Waals surface area contributed by atoms with E-state index in [1.807, 2.05) is 18.2 Å². The highest BCUT2D eigenvalue weighted by atomic mass is 16.6. The molecule has 2 amide bonds. The standard InChI is InChI=1S/C17H18N4O3/c22-15(13-5-2-1-4-12(13)14-18-7-8-19-14)21-9-3-6-17(11-21)10-20-16(23)24-17/h1-2,4-5,7-8H,3,6,9-11H2,(H,18,19)(H,20,23)/t17-/m1/s1. The van der Waals surface area contributed by atoms with E-state index in [0.717, 1.165) is 18.4 Å². The van der Waals surface area contributed by atoms with Gasteiger partial charge in [-0.2, -0.15) is 0 Å². The molecule has 0 radical (unpaired) electrons. The molecule has 0 bridgehead atoms. The Kier molecular flexibility index (Phi) is 3.48. The van der Waals surface area contributed by atoms with Gasteiger partial charge in [-0.15, -0.1) is 0 Å². The molecule has 1 atom stereocenters. The molecule has 2 N–H and O–H groups in total. The molecule has 2 fully saturated rings. The van der Waals surface area contributed by atoms with E-state index in [-0.39, 0.29) is 5.91 Å². The van der Waals surface area contributed by atoms with Crippen LogP contribution in [0.25, 0.3) is 11.4 Å². The van der Waals surface area contributed by atoms with Gasteiger partial charge in [0.2, 0.25) is 0 Å². The van der Waals surface area contributed by atoms with Crippen LogP contribution in [0.15, 0.2) is 36.7 Å². The fourth-order valence-corrected chi connectivity index (χ4v) is 3.46. The van der Waals surface area contributed by atoms with Gasteiger partial charge in [0.15, 0.2) is 0 Å². The molecule has 2 saturated heterocycles. The third-order valence-electron chi connectivity index (χ3n) is 4.60. The van der Waals surface area contributed by atoms with Crippen molar-refractivity contribution in [2.45, 2.75) is 18.4 Å². The zero-order valence-corrected chi connectivity index (χ0v) is 13.1. The lowest BCUT2D eigenvalue weighted by Gasteiger charge is -2.38. The highest BCUT2D eigenvalue weighted by molar-refractivity contribution is 6.00. The van der Waals surface area contributed by atoms with Crippen LogP contribution in [0.5, 0.6) is 0 Å². The van der Waals surface area contributed by atoms with Gasteiger partial charge in [-0.25, -0.2) is 9.78 Å². The fourth-order valence-electron chi connectivity index (χ4n) is 3.46. The molecule has 0 saturated carbocycles. The van der Waals surface area contributed by atoms with E-state index in [2.05, 4.69) is 15.3 Å². The van der Waals surface area contributed by atoms with E-state index >= 15 is 0 Å². The van der Waals surface area contributed by atoms with Gasteiger partial charge in [0.1, 0.15) is 11.4 Å². The molecular formula is C17H18N4O3. The number of likely N-dealkylation sites (tertiary alicyclic amines) is 1. The molecule has 3 heterocycles. The van der Waals surface area contributed by atoms with Gasteiger partial charge >= 0.3 is 6.09 Å². The number of aromatic amines is 1. The van der Waals surface area contributed by atoms with Gasteiger partial charge in [0, 0.05) is 24.5 Å². The average molecular weight is 326 g/mol. The molecule has 0 unspecified atom stereocenters. The number of carbonyl (C=O) groups excluding carboxylic acids is 2. The van der Waals surface area contributed by atoms with Crippen molar-refractivity contribution in [2.24, 2.45) is 0 Å². The van der Waals surface area contributed by atoms with Gasteiger partial charge in [-0.1, -0.05) is 18.2 Å². The van der Waals surface area contributed by atoms with E-state index in [4.69, 9.17) is 4.74 Å². The number of H-pyrrole nitrogens is 1. The van der Waals surface area contributed by atoms with Gasteiger partial charge in [-0.3, -0.25) is 4.79 Å². The second kappa shape index (κ2) is 5.67. The summed E-state index contributed by atoms with van der Waals surface area (Å²) in [7, 11) is 0. The quantitative estimate of drug-likeness (QED) is 0.881. The Morgan fingerprint density at radius 1 is 1.33 bits per heavy atom. The first-order valence-electron chi connectivity index (χ1n) is 8.02. The van der Waals surface area contributed by atoms with Gasteiger partial charge in [0.05, 0.1) is 18.7 Å². The maximum atomic E-state index is 13.1. The van der Waals surface area contributed by atoms with Crippen LogP contribution in [-0.4, -0.2) is 52.1 Å². The van der Waals surface area contributed by atoms with Crippen LogP contribution < -0.4 is 5.32 Å². The topological polar surface area (TPSA) is 87.3 Å². The maximum absolute atomic E-state index is 13.1. The largest absolute Gasteiger partial charge is 0.439 e. The van der Waals surface area contributed by atoms with Gasteiger partial charge in [0.25, 0.3) is 5.91 Å². The molecule has 4 rings (SSSR count). The van der Waals surface area contributed by atoms with Crippen molar-refractivity contribution in [2.75, 3.05) is 19.6 Å². The normalized spacial score (nSPS) is 23.2. The summed E-state index contributed by atoms with van der Waals surface area (Å²) in [5, 5.41) is 2.70. The number of rotatable bonds is 2. The molecule has 2 aliphatic heterocycles. The lowest BCUT2D eigenvalue weighted by atomic mass is 9.92. The number of carbonyl (C=O) groups is 2. The number of hydrogen-bond acceptors (Lipinski definition) is 4. The third kappa shape index (κ3) is 2.51. The van der Waals surface area contributed by atoms with Crippen LogP contribution >= 0.6 is 0 Å². The Labute approximate surface area is 139 Å². The zero-order valence-electron chi connectivity index (χ0n) is 13.1. The minimum atomic E-state index is -0.593. The van der Waals surface area contributed by atoms with E-state index in [1.165, 1.54) is 0 Å². The molecule has 0 aliphatic carbocycles. The molecule has 1 aromatic heterocycles. The monoisotopic (exact) mass is 326 g/mol. The number of nitrogens with one attached hydrogen (secondary N) is 2. The van der Waals surface area contributed by atoms with Crippen molar-refractivity contribution >= 4 is 12.0 Å². The van der Waals surface area contributed by atoms with Crippen molar-refractivity contribution < 1.29 is 14.3 Å². The third-order valence-corrected chi connectivity index (χ3v) is 4.60. The van der Waals surface area contributed by atoms with Crippen molar-refractivity contribution in [1.29, 1.82) is 0 Å². The van der Waals surface area contributed by atoms with E-state index in [0.29, 0.717) is 31.0 Å². The highest BCUT2D eigenvalue weighted by Gasteiger charge is 2.45. The first-order chi connectivity index (χ1) is 11.7. The second-order valence-electron chi connectivity index (χ2n) is 6.24. The molecule has 1 spiro atoms. The van der Waals surface area contributed by atoms with Crippen molar-refractivity contribution in [1.82, 2.24) is 20.2 Å². The summed E-state index contributed by atoms with van der Waals surface area (Å²) >= 11 is 0. The Hall–Kier alpha value is -2.83. The molecule has 124 valence electrons. The van der Waals surface area contributed by atoms with E-state index in [9.17, 15) is 9.59 Å². The summed E-state index contributed by atoms with van der Waals surface area (Å²) in [5.41, 5.74) is 0.778. The summed E-state index contributed by atoms with van der Waals surface area (Å²) in [5.74, 6) is 0.601.